The molecule has 3 fully saturated rings. The van der Waals surface area contributed by atoms with Gasteiger partial charge in [0.15, 0.2) is 0 Å². The normalized spacial score (nSPS) is 24.5. The molecule has 2 unspecified atom stereocenters. The zero-order chi connectivity index (χ0) is 16.0. The van der Waals surface area contributed by atoms with E-state index >= 15 is 0 Å². The Morgan fingerprint density at radius 1 is 1.21 bits per heavy atom. The van der Waals surface area contributed by atoms with Crippen molar-refractivity contribution in [2.75, 3.05) is 19.6 Å². The standard InChI is InChI=1S/C17H21N3O2S.ClH/c1-12-7-18-9-14-3-2-4-16(17(12)14)23(21,22)20-10-13-5-6-15(11-20)19-8-13;/h2-4,7,9,13,15,19H,5-6,8,10-11H2,1H3;1H. The predicted octanol–water partition coefficient (Wildman–Crippen LogP) is 2.34. The summed E-state index contributed by atoms with van der Waals surface area (Å²) in [7, 11) is -3.49. The number of benzene rings is 1. The third-order valence-electron chi connectivity index (χ3n) is 5.06. The first-order chi connectivity index (χ1) is 11.1. The number of nitrogens with zero attached hydrogens (tertiary/aromatic N) is 2. The molecule has 0 aliphatic carbocycles. The fourth-order valence-electron chi connectivity index (χ4n) is 3.82. The van der Waals surface area contributed by atoms with Crippen molar-refractivity contribution < 1.29 is 8.42 Å². The second kappa shape index (κ2) is 6.59. The van der Waals surface area contributed by atoms with Crippen LogP contribution < -0.4 is 5.32 Å². The van der Waals surface area contributed by atoms with Crippen LogP contribution in [0.3, 0.4) is 0 Å². The molecule has 3 aliphatic rings. The molecule has 3 aliphatic heterocycles. The van der Waals surface area contributed by atoms with E-state index in [-0.39, 0.29) is 18.4 Å². The molecule has 0 spiro atoms. The monoisotopic (exact) mass is 367 g/mol. The fraction of sp³-hybridized carbons (Fsp3) is 0.471. The van der Waals surface area contributed by atoms with E-state index < -0.39 is 10.0 Å². The van der Waals surface area contributed by atoms with Crippen LogP contribution in [0.2, 0.25) is 0 Å². The molecule has 2 atom stereocenters. The summed E-state index contributed by atoms with van der Waals surface area (Å²) in [6, 6.07) is 5.73. The van der Waals surface area contributed by atoms with E-state index in [9.17, 15) is 8.42 Å². The molecule has 2 bridgehead atoms. The van der Waals surface area contributed by atoms with Crippen LogP contribution >= 0.6 is 12.4 Å². The number of nitrogens with one attached hydrogen (secondary N) is 1. The van der Waals surface area contributed by atoms with Gasteiger partial charge in [-0.15, -0.1) is 12.4 Å². The van der Waals surface area contributed by atoms with E-state index in [2.05, 4.69) is 10.3 Å². The Morgan fingerprint density at radius 2 is 2.04 bits per heavy atom. The number of piperidine rings is 1. The highest BCUT2D eigenvalue weighted by Crippen LogP contribution is 2.31. The molecule has 5 rings (SSSR count). The van der Waals surface area contributed by atoms with Gasteiger partial charge in [0.2, 0.25) is 10.0 Å². The van der Waals surface area contributed by atoms with Crippen LogP contribution in [-0.2, 0) is 10.0 Å². The lowest BCUT2D eigenvalue weighted by molar-refractivity contribution is 0.357. The van der Waals surface area contributed by atoms with E-state index in [1.54, 1.807) is 28.8 Å². The van der Waals surface area contributed by atoms with Gasteiger partial charge in [-0.05, 0) is 43.9 Å². The van der Waals surface area contributed by atoms with E-state index in [0.29, 0.717) is 23.9 Å². The second-order valence-electron chi connectivity index (χ2n) is 6.68. The lowest BCUT2D eigenvalue weighted by Crippen LogP contribution is -2.40. The average molecular weight is 368 g/mol. The van der Waals surface area contributed by atoms with Gasteiger partial charge in [-0.2, -0.15) is 4.31 Å². The third kappa shape index (κ3) is 2.92. The molecular formula is C17H22ClN3O2S. The Hall–Kier alpha value is -1.21. The van der Waals surface area contributed by atoms with Crippen molar-refractivity contribution in [2.24, 2.45) is 5.92 Å². The zero-order valence-corrected chi connectivity index (χ0v) is 15.2. The van der Waals surface area contributed by atoms with Crippen molar-refractivity contribution in [3.63, 3.8) is 0 Å². The Kier molecular flexibility index (Phi) is 4.84. The van der Waals surface area contributed by atoms with Crippen molar-refractivity contribution in [2.45, 2.75) is 30.7 Å². The maximum Gasteiger partial charge on any atom is 0.243 e. The summed E-state index contributed by atoms with van der Waals surface area (Å²) < 4.78 is 28.3. The number of halogens is 1. The number of rotatable bonds is 2. The quantitative estimate of drug-likeness (QED) is 0.885. The molecule has 5 nitrogen and oxygen atoms in total. The summed E-state index contributed by atoms with van der Waals surface area (Å²) in [5.41, 5.74) is 0.901. The lowest BCUT2D eigenvalue weighted by atomic mass is 9.97. The molecule has 1 aromatic heterocycles. The van der Waals surface area contributed by atoms with E-state index in [1.165, 1.54) is 0 Å². The number of fused-ring (bicyclic) bond motifs is 5. The van der Waals surface area contributed by atoms with Crippen LogP contribution in [0.15, 0.2) is 35.5 Å². The molecule has 0 saturated carbocycles. The van der Waals surface area contributed by atoms with Gasteiger partial charge < -0.3 is 5.32 Å². The summed E-state index contributed by atoms with van der Waals surface area (Å²) in [6.45, 7) is 4.03. The summed E-state index contributed by atoms with van der Waals surface area (Å²) in [5, 5.41) is 5.14. The Morgan fingerprint density at radius 3 is 2.79 bits per heavy atom. The average Bonchev–Trinajstić information content (AvgIpc) is 2.89. The van der Waals surface area contributed by atoms with Gasteiger partial charge in [0, 0.05) is 42.3 Å². The molecule has 7 heteroatoms. The molecule has 2 aromatic rings. The number of hydrogen-bond acceptors (Lipinski definition) is 4. The first-order valence-corrected chi connectivity index (χ1v) is 9.56. The molecule has 1 N–H and O–H groups in total. The highest BCUT2D eigenvalue weighted by Gasteiger charge is 2.36. The van der Waals surface area contributed by atoms with E-state index in [0.717, 1.165) is 35.7 Å². The zero-order valence-electron chi connectivity index (χ0n) is 13.6. The SMILES string of the molecule is Cc1cncc2cccc(S(=O)(=O)N3CC4CCC(C3)NC4)c12.Cl. The van der Waals surface area contributed by atoms with Gasteiger partial charge in [0.25, 0.3) is 0 Å². The minimum Gasteiger partial charge on any atom is -0.312 e. The van der Waals surface area contributed by atoms with Gasteiger partial charge in [0.05, 0.1) is 4.90 Å². The van der Waals surface area contributed by atoms with Gasteiger partial charge >= 0.3 is 0 Å². The number of hydrogen-bond donors (Lipinski definition) is 1. The molecule has 24 heavy (non-hydrogen) atoms. The Balaban J connectivity index is 0.00000169. The minimum absolute atomic E-state index is 0. The largest absolute Gasteiger partial charge is 0.312 e. The lowest BCUT2D eigenvalue weighted by Gasteiger charge is -2.23. The van der Waals surface area contributed by atoms with Gasteiger partial charge in [-0.1, -0.05) is 12.1 Å². The second-order valence-corrected chi connectivity index (χ2v) is 8.59. The number of aryl methyl sites for hydroxylation is 1. The number of aromatic nitrogens is 1. The first kappa shape index (κ1) is 17.6. The molecule has 4 heterocycles. The topological polar surface area (TPSA) is 62.3 Å². The summed E-state index contributed by atoms with van der Waals surface area (Å²) in [6.07, 6.45) is 5.64. The highest BCUT2D eigenvalue weighted by atomic mass is 35.5. The van der Waals surface area contributed by atoms with Crippen LogP contribution in [0, 0.1) is 12.8 Å². The van der Waals surface area contributed by atoms with Crippen molar-refractivity contribution in [1.29, 1.82) is 0 Å². The summed E-state index contributed by atoms with van der Waals surface area (Å²) >= 11 is 0. The first-order valence-electron chi connectivity index (χ1n) is 8.12. The van der Waals surface area contributed by atoms with Crippen molar-refractivity contribution in [3.8, 4) is 0 Å². The van der Waals surface area contributed by atoms with Crippen molar-refractivity contribution in [3.05, 3.63) is 36.2 Å². The van der Waals surface area contributed by atoms with Crippen LogP contribution in [0.4, 0.5) is 0 Å². The Bertz CT molecular complexity index is 829. The van der Waals surface area contributed by atoms with Gasteiger partial charge in [0.1, 0.15) is 0 Å². The van der Waals surface area contributed by atoms with Crippen LogP contribution in [0.1, 0.15) is 18.4 Å². The van der Waals surface area contributed by atoms with Gasteiger partial charge in [-0.25, -0.2) is 8.42 Å². The van der Waals surface area contributed by atoms with Crippen molar-refractivity contribution >= 4 is 33.2 Å². The molecular weight excluding hydrogens is 346 g/mol. The summed E-state index contributed by atoms with van der Waals surface area (Å²) in [5.74, 6) is 0.418. The van der Waals surface area contributed by atoms with Crippen molar-refractivity contribution in [1.82, 2.24) is 14.6 Å². The number of pyridine rings is 1. The van der Waals surface area contributed by atoms with Crippen LogP contribution in [0.5, 0.6) is 0 Å². The number of sulfonamides is 1. The maximum atomic E-state index is 13.3. The van der Waals surface area contributed by atoms with E-state index in [4.69, 9.17) is 0 Å². The van der Waals surface area contributed by atoms with Crippen LogP contribution in [-0.4, -0.2) is 43.4 Å². The molecule has 0 radical (unpaired) electrons. The van der Waals surface area contributed by atoms with E-state index in [1.807, 2.05) is 13.0 Å². The fourth-order valence-corrected chi connectivity index (χ4v) is 5.67. The smallest absolute Gasteiger partial charge is 0.243 e. The Labute approximate surface area is 148 Å². The van der Waals surface area contributed by atoms with Crippen LogP contribution in [0.25, 0.3) is 10.8 Å². The minimum atomic E-state index is -3.49. The summed E-state index contributed by atoms with van der Waals surface area (Å²) in [4.78, 5) is 4.59. The molecule has 1 aromatic carbocycles. The highest BCUT2D eigenvalue weighted by molar-refractivity contribution is 7.89. The maximum absolute atomic E-state index is 13.3. The molecule has 3 saturated heterocycles. The third-order valence-corrected chi connectivity index (χ3v) is 6.93. The predicted molar refractivity (Wildman–Crippen MR) is 97.0 cm³/mol. The molecule has 130 valence electrons. The molecule has 0 amide bonds. The van der Waals surface area contributed by atoms with Gasteiger partial charge in [-0.3, -0.25) is 4.98 Å².